The average Bonchev–Trinajstić information content (AvgIpc) is 2.64. The lowest BCUT2D eigenvalue weighted by Gasteiger charge is -2.13. The van der Waals surface area contributed by atoms with Gasteiger partial charge in [0, 0.05) is 12.2 Å². The Bertz CT molecular complexity index is 395. The van der Waals surface area contributed by atoms with E-state index in [9.17, 15) is 10.1 Å². The summed E-state index contributed by atoms with van der Waals surface area (Å²) in [6.07, 6.45) is 6.23. The Hall–Kier alpha value is -1.65. The second kappa shape index (κ2) is 4.47. The molecular weight excluding hydrogens is 206 g/mol. The number of nitrogens with one attached hydrogen (secondary N) is 1. The van der Waals surface area contributed by atoms with E-state index in [2.05, 4.69) is 17.2 Å². The Morgan fingerprint density at radius 3 is 3.00 bits per heavy atom. The summed E-state index contributed by atoms with van der Waals surface area (Å²) in [4.78, 5) is 14.2. The average molecular weight is 221 g/mol. The molecule has 0 spiro atoms. The summed E-state index contributed by atoms with van der Waals surface area (Å²) in [5, 5.41) is 14.0. The van der Waals surface area contributed by atoms with E-state index in [-0.39, 0.29) is 5.69 Å². The molecule has 1 fully saturated rings. The van der Waals surface area contributed by atoms with E-state index in [0.29, 0.717) is 17.6 Å². The molecule has 0 bridgehead atoms. The summed E-state index contributed by atoms with van der Waals surface area (Å²) in [7, 11) is 0. The molecule has 0 aromatic carbocycles. The van der Waals surface area contributed by atoms with Crippen LogP contribution in [0.25, 0.3) is 0 Å². The first-order valence-electron chi connectivity index (χ1n) is 5.51. The van der Waals surface area contributed by atoms with Gasteiger partial charge in [-0.05, 0) is 31.2 Å². The van der Waals surface area contributed by atoms with E-state index >= 15 is 0 Å². The Labute approximate surface area is 94.0 Å². The van der Waals surface area contributed by atoms with Gasteiger partial charge in [-0.15, -0.1) is 0 Å². The highest BCUT2D eigenvalue weighted by atomic mass is 16.6. The third kappa shape index (κ3) is 2.29. The van der Waals surface area contributed by atoms with Crippen LogP contribution in [-0.2, 0) is 0 Å². The quantitative estimate of drug-likeness (QED) is 0.629. The molecule has 86 valence electrons. The van der Waals surface area contributed by atoms with E-state index in [1.54, 1.807) is 12.3 Å². The lowest BCUT2D eigenvalue weighted by atomic mass is 10.1. The summed E-state index contributed by atoms with van der Waals surface area (Å²) in [6, 6.07) is 2.03. The molecule has 5 heteroatoms. The fraction of sp³-hybridized carbons (Fsp3) is 0.545. The van der Waals surface area contributed by atoms with Crippen LogP contribution in [0.2, 0.25) is 0 Å². The molecule has 1 aliphatic carbocycles. The van der Waals surface area contributed by atoms with Crippen molar-refractivity contribution in [3.8, 4) is 0 Å². The number of hydrogen-bond donors (Lipinski definition) is 1. The van der Waals surface area contributed by atoms with Crippen molar-refractivity contribution in [1.82, 2.24) is 4.98 Å². The zero-order chi connectivity index (χ0) is 11.5. The molecule has 1 aliphatic rings. The van der Waals surface area contributed by atoms with Gasteiger partial charge in [0.05, 0.1) is 4.92 Å². The molecule has 0 saturated heterocycles. The molecule has 1 aromatic rings. The highest BCUT2D eigenvalue weighted by molar-refractivity contribution is 5.60. The Kier molecular flexibility index (Phi) is 3.03. The standard InChI is InChI=1S/C11H15N3O2/c1-8-2-3-9(6-8)13-10-4-5-12-7-11(10)14(15)16/h4-5,7-9H,2-3,6H2,1H3,(H,12,13). The van der Waals surface area contributed by atoms with Gasteiger partial charge in [0.25, 0.3) is 0 Å². The number of nitrogens with zero attached hydrogens (tertiary/aromatic N) is 2. The van der Waals surface area contributed by atoms with Crippen LogP contribution < -0.4 is 5.32 Å². The van der Waals surface area contributed by atoms with Gasteiger partial charge in [0.1, 0.15) is 11.9 Å². The van der Waals surface area contributed by atoms with Gasteiger partial charge in [-0.3, -0.25) is 15.1 Å². The molecule has 2 atom stereocenters. The Balaban J connectivity index is 2.12. The summed E-state index contributed by atoms with van der Waals surface area (Å²) >= 11 is 0. The van der Waals surface area contributed by atoms with E-state index in [1.807, 2.05) is 0 Å². The van der Waals surface area contributed by atoms with Crippen molar-refractivity contribution in [2.45, 2.75) is 32.2 Å². The van der Waals surface area contributed by atoms with Crippen molar-refractivity contribution in [3.63, 3.8) is 0 Å². The van der Waals surface area contributed by atoms with Crippen molar-refractivity contribution in [2.75, 3.05) is 5.32 Å². The van der Waals surface area contributed by atoms with Gasteiger partial charge in [-0.2, -0.15) is 0 Å². The van der Waals surface area contributed by atoms with Gasteiger partial charge in [-0.25, -0.2) is 0 Å². The predicted molar refractivity (Wildman–Crippen MR) is 61.3 cm³/mol. The summed E-state index contributed by atoms with van der Waals surface area (Å²) < 4.78 is 0. The third-order valence-electron chi connectivity index (χ3n) is 3.05. The molecule has 2 unspecified atom stereocenters. The number of pyridine rings is 1. The smallest absolute Gasteiger partial charge is 0.310 e. The maximum Gasteiger partial charge on any atom is 0.310 e. The van der Waals surface area contributed by atoms with Gasteiger partial charge in [0.2, 0.25) is 0 Å². The lowest BCUT2D eigenvalue weighted by Crippen LogP contribution is -2.16. The van der Waals surface area contributed by atoms with Gasteiger partial charge < -0.3 is 5.32 Å². The summed E-state index contributed by atoms with van der Waals surface area (Å²) in [5.74, 6) is 0.707. The SMILES string of the molecule is CC1CCC(Nc2ccncc2[N+](=O)[O-])C1. The number of rotatable bonds is 3. The van der Waals surface area contributed by atoms with Crippen molar-refractivity contribution in [2.24, 2.45) is 5.92 Å². The first-order chi connectivity index (χ1) is 7.66. The minimum absolute atomic E-state index is 0.0575. The van der Waals surface area contributed by atoms with E-state index in [0.717, 1.165) is 12.8 Å². The summed E-state index contributed by atoms with van der Waals surface area (Å²) in [5.41, 5.74) is 0.640. The molecule has 1 saturated carbocycles. The van der Waals surface area contributed by atoms with Crippen molar-refractivity contribution >= 4 is 11.4 Å². The van der Waals surface area contributed by atoms with Crippen LogP contribution in [0.3, 0.4) is 0 Å². The predicted octanol–water partition coefficient (Wildman–Crippen LogP) is 2.59. The minimum Gasteiger partial charge on any atom is -0.377 e. The molecular formula is C11H15N3O2. The Morgan fingerprint density at radius 1 is 1.56 bits per heavy atom. The topological polar surface area (TPSA) is 68.1 Å². The highest BCUT2D eigenvalue weighted by Gasteiger charge is 2.23. The molecule has 0 amide bonds. The van der Waals surface area contributed by atoms with Gasteiger partial charge in [0.15, 0.2) is 0 Å². The number of aromatic nitrogens is 1. The molecule has 1 N–H and O–H groups in total. The normalized spacial score (nSPS) is 24.3. The number of hydrogen-bond acceptors (Lipinski definition) is 4. The number of anilines is 1. The largest absolute Gasteiger partial charge is 0.377 e. The second-order valence-corrected chi connectivity index (χ2v) is 4.41. The zero-order valence-corrected chi connectivity index (χ0v) is 9.22. The molecule has 5 nitrogen and oxygen atoms in total. The fourth-order valence-corrected chi connectivity index (χ4v) is 2.21. The first-order valence-corrected chi connectivity index (χ1v) is 5.51. The monoisotopic (exact) mass is 221 g/mol. The van der Waals surface area contributed by atoms with Crippen LogP contribution in [0.1, 0.15) is 26.2 Å². The van der Waals surface area contributed by atoms with Crippen molar-refractivity contribution < 1.29 is 4.92 Å². The highest BCUT2D eigenvalue weighted by Crippen LogP contribution is 2.30. The van der Waals surface area contributed by atoms with Crippen LogP contribution in [0, 0.1) is 16.0 Å². The van der Waals surface area contributed by atoms with E-state index in [4.69, 9.17) is 0 Å². The summed E-state index contributed by atoms with van der Waals surface area (Å²) in [6.45, 7) is 2.21. The van der Waals surface area contributed by atoms with E-state index < -0.39 is 4.92 Å². The van der Waals surface area contributed by atoms with Crippen LogP contribution in [0.5, 0.6) is 0 Å². The molecule has 0 aliphatic heterocycles. The molecule has 0 radical (unpaired) electrons. The maximum absolute atomic E-state index is 10.8. The van der Waals surface area contributed by atoms with Crippen LogP contribution in [-0.4, -0.2) is 15.9 Å². The second-order valence-electron chi connectivity index (χ2n) is 4.41. The Morgan fingerprint density at radius 2 is 2.38 bits per heavy atom. The zero-order valence-electron chi connectivity index (χ0n) is 9.22. The van der Waals surface area contributed by atoms with Crippen LogP contribution in [0.4, 0.5) is 11.4 Å². The van der Waals surface area contributed by atoms with Crippen LogP contribution >= 0.6 is 0 Å². The molecule has 1 heterocycles. The third-order valence-corrected chi connectivity index (χ3v) is 3.05. The maximum atomic E-state index is 10.8. The molecule has 2 rings (SSSR count). The first kappa shape index (κ1) is 10.9. The number of nitro groups is 1. The van der Waals surface area contributed by atoms with Crippen molar-refractivity contribution in [3.05, 3.63) is 28.6 Å². The van der Waals surface area contributed by atoms with Gasteiger partial charge >= 0.3 is 5.69 Å². The van der Waals surface area contributed by atoms with Crippen LogP contribution in [0.15, 0.2) is 18.5 Å². The van der Waals surface area contributed by atoms with Gasteiger partial charge in [-0.1, -0.05) is 6.92 Å². The molecule has 16 heavy (non-hydrogen) atoms. The fourth-order valence-electron chi connectivity index (χ4n) is 2.21. The molecule has 1 aromatic heterocycles. The lowest BCUT2D eigenvalue weighted by molar-refractivity contribution is -0.384. The van der Waals surface area contributed by atoms with Crippen molar-refractivity contribution in [1.29, 1.82) is 0 Å². The minimum atomic E-state index is -0.395. The van der Waals surface area contributed by atoms with E-state index in [1.165, 1.54) is 12.6 Å².